The van der Waals surface area contributed by atoms with Crippen molar-refractivity contribution in [3.63, 3.8) is 0 Å². The summed E-state index contributed by atoms with van der Waals surface area (Å²) < 4.78 is 0. The van der Waals surface area contributed by atoms with Gasteiger partial charge in [-0.25, -0.2) is 19.9 Å². The van der Waals surface area contributed by atoms with E-state index < -0.39 is 0 Å². The Hall–Kier alpha value is -6.02. The van der Waals surface area contributed by atoms with Crippen LogP contribution in [0.2, 0.25) is 0 Å². The molecule has 1 aliphatic carbocycles. The summed E-state index contributed by atoms with van der Waals surface area (Å²) in [6, 6.07) is 37.6. The molecule has 0 N–H and O–H groups in total. The van der Waals surface area contributed by atoms with Gasteiger partial charge in [-0.2, -0.15) is 0 Å². The third kappa shape index (κ3) is 4.09. The number of aromatic nitrogens is 4. The van der Waals surface area contributed by atoms with E-state index in [0.717, 1.165) is 40.3 Å². The predicted molar refractivity (Wildman–Crippen MR) is 226 cm³/mol. The average Bonchev–Trinajstić information content (AvgIpc) is 3.53. The molecule has 1 fully saturated rings. The van der Waals surface area contributed by atoms with E-state index in [2.05, 4.69) is 178 Å². The van der Waals surface area contributed by atoms with E-state index in [1.165, 1.54) is 39.2 Å². The van der Waals surface area contributed by atoms with Gasteiger partial charge in [0.1, 0.15) is 12.3 Å². The smallest absolute Gasteiger partial charge is 0.178 e. The Morgan fingerprint density at radius 3 is 1.84 bits per heavy atom. The lowest BCUT2D eigenvalue weighted by molar-refractivity contribution is 0.376. The summed E-state index contributed by atoms with van der Waals surface area (Å²) in [6.45, 7) is 18.5. The first-order chi connectivity index (χ1) is 26.8. The molecule has 8 nitrogen and oxygen atoms in total. The van der Waals surface area contributed by atoms with E-state index >= 15 is 0 Å². The van der Waals surface area contributed by atoms with Crippen molar-refractivity contribution in [3.8, 4) is 0 Å². The fraction of sp³-hybridized carbons (Fsp3) is 0.292. The molecule has 5 aliphatic rings. The van der Waals surface area contributed by atoms with Gasteiger partial charge >= 0.3 is 0 Å². The van der Waals surface area contributed by atoms with Gasteiger partial charge in [-0.1, -0.05) is 116 Å². The van der Waals surface area contributed by atoms with Crippen molar-refractivity contribution in [3.05, 3.63) is 150 Å². The van der Waals surface area contributed by atoms with Gasteiger partial charge in [0.2, 0.25) is 0 Å². The topological polar surface area (TPSA) is 64.5 Å². The van der Waals surface area contributed by atoms with Crippen molar-refractivity contribution in [1.29, 1.82) is 0 Å². The van der Waals surface area contributed by atoms with Crippen LogP contribution in [0.4, 0.5) is 46.0 Å². The zero-order valence-corrected chi connectivity index (χ0v) is 33.3. The third-order valence-corrected chi connectivity index (χ3v) is 13.3. The van der Waals surface area contributed by atoms with Gasteiger partial charge in [-0.3, -0.25) is 9.80 Å². The molecule has 6 aromatic rings. The summed E-state index contributed by atoms with van der Waals surface area (Å²) >= 11 is 0. The zero-order valence-electron chi connectivity index (χ0n) is 33.3. The molecule has 2 aromatic heterocycles. The van der Waals surface area contributed by atoms with Crippen LogP contribution >= 0.6 is 0 Å². The van der Waals surface area contributed by atoms with Crippen molar-refractivity contribution >= 4 is 51.6 Å². The normalized spacial score (nSPS) is 25.3. The predicted octanol–water partition coefficient (Wildman–Crippen LogP) is 10.9. The number of nitrogens with zero attached hydrogens (tertiary/aromatic N) is 8. The average molecular weight is 735 g/mol. The molecule has 6 heterocycles. The summed E-state index contributed by atoms with van der Waals surface area (Å²) in [5.41, 5.74) is 11.3. The molecular formula is C48H46N8. The number of rotatable bonds is 2. The molecule has 0 radical (unpaired) electrons. The fourth-order valence-corrected chi connectivity index (χ4v) is 10.4. The number of para-hydroxylation sites is 3. The number of fused-ring (bicyclic) bond motifs is 13. The minimum atomic E-state index is -0.375. The number of hydrogen-bond acceptors (Lipinski definition) is 8. The second kappa shape index (κ2) is 10.8. The molecule has 278 valence electrons. The molecule has 0 amide bonds. The SMILES string of the molecule is CC(C)(C)c1ccc2c(c1)/C(=C1/C3(C)c4ccccc4N4c5ncc(C(C)(C)C)nc5N(c5ccccc5)C4C13C)C1N(c3ccccc3)c3nccnc3N21. The van der Waals surface area contributed by atoms with Crippen molar-refractivity contribution in [2.24, 2.45) is 5.41 Å². The monoisotopic (exact) mass is 734 g/mol. The van der Waals surface area contributed by atoms with Crippen LogP contribution in [0, 0.1) is 5.41 Å². The summed E-state index contributed by atoms with van der Waals surface area (Å²) in [5, 5.41) is 0. The van der Waals surface area contributed by atoms with Gasteiger partial charge < -0.3 is 9.80 Å². The second-order valence-electron chi connectivity index (χ2n) is 18.4. The van der Waals surface area contributed by atoms with Crippen LogP contribution in [0.5, 0.6) is 0 Å². The van der Waals surface area contributed by atoms with Crippen LogP contribution in [-0.4, -0.2) is 32.3 Å². The number of hydrogen-bond donors (Lipinski definition) is 0. The van der Waals surface area contributed by atoms with Crippen LogP contribution in [0.15, 0.2) is 127 Å². The maximum atomic E-state index is 5.49. The first kappa shape index (κ1) is 33.3. The minimum absolute atomic E-state index is 0.0402. The van der Waals surface area contributed by atoms with Gasteiger partial charge in [-0.15, -0.1) is 0 Å². The molecule has 0 saturated heterocycles. The third-order valence-electron chi connectivity index (χ3n) is 13.3. The highest BCUT2D eigenvalue weighted by Crippen LogP contribution is 2.81. The number of benzene rings is 4. The molecule has 8 heteroatoms. The Balaban J connectivity index is 1.24. The Morgan fingerprint density at radius 1 is 0.571 bits per heavy atom. The van der Waals surface area contributed by atoms with Crippen LogP contribution in [-0.2, 0) is 16.2 Å². The van der Waals surface area contributed by atoms with Crippen molar-refractivity contribution in [1.82, 2.24) is 19.9 Å². The van der Waals surface area contributed by atoms with E-state index in [1.807, 2.05) is 18.6 Å². The molecule has 56 heavy (non-hydrogen) atoms. The number of anilines is 8. The first-order valence-electron chi connectivity index (χ1n) is 19.8. The molecule has 1 saturated carbocycles. The molecular weight excluding hydrogens is 689 g/mol. The van der Waals surface area contributed by atoms with E-state index in [1.54, 1.807) is 0 Å². The highest BCUT2D eigenvalue weighted by Gasteiger charge is 2.79. The molecule has 4 aromatic carbocycles. The van der Waals surface area contributed by atoms with Gasteiger partial charge in [0.15, 0.2) is 23.3 Å². The lowest BCUT2D eigenvalue weighted by atomic mass is 9.81. The first-order valence-corrected chi connectivity index (χ1v) is 19.8. The van der Waals surface area contributed by atoms with Crippen LogP contribution < -0.4 is 19.6 Å². The van der Waals surface area contributed by atoms with Crippen molar-refractivity contribution < 1.29 is 0 Å². The molecule has 0 spiro atoms. The largest absolute Gasteiger partial charge is 0.301 e. The highest BCUT2D eigenvalue weighted by atomic mass is 15.5. The van der Waals surface area contributed by atoms with Gasteiger partial charge in [0.25, 0.3) is 0 Å². The van der Waals surface area contributed by atoms with Crippen molar-refractivity contribution in [2.75, 3.05) is 19.6 Å². The standard InChI is InChI=1S/C48H46N8/c1-45(2,3)29-23-24-34-32(27-29)37(43-53(30-17-11-9-12-18-30)39-40(55(34)43)50-26-25-49-39)38-47(7)33-21-15-16-22-35(33)56-41-42(52-36(28-51-41)46(4,5)6)54(44(56)48(38,47)8)31-19-13-10-14-20-31/h9-28,43-44H,1-8H3/b38-37+. The fourth-order valence-electron chi connectivity index (χ4n) is 10.4. The summed E-state index contributed by atoms with van der Waals surface area (Å²) in [4.78, 5) is 30.7. The Kier molecular flexibility index (Phi) is 6.45. The Morgan fingerprint density at radius 2 is 1.18 bits per heavy atom. The summed E-state index contributed by atoms with van der Waals surface area (Å²) in [6.07, 6.45) is 5.31. The lowest BCUT2D eigenvalue weighted by Crippen LogP contribution is -2.50. The molecule has 4 atom stereocenters. The van der Waals surface area contributed by atoms with Gasteiger partial charge in [0, 0.05) is 56.8 Å². The van der Waals surface area contributed by atoms with Crippen molar-refractivity contribution in [2.45, 2.75) is 84.0 Å². The minimum Gasteiger partial charge on any atom is -0.301 e. The van der Waals surface area contributed by atoms with E-state index in [9.17, 15) is 0 Å². The lowest BCUT2D eigenvalue weighted by Gasteiger charge is -2.43. The van der Waals surface area contributed by atoms with Crippen LogP contribution in [0.3, 0.4) is 0 Å². The zero-order chi connectivity index (χ0) is 38.5. The second-order valence-corrected chi connectivity index (χ2v) is 18.4. The molecule has 4 unspecified atom stereocenters. The van der Waals surface area contributed by atoms with Crippen LogP contribution in [0.1, 0.15) is 77.8 Å². The quantitative estimate of drug-likeness (QED) is 0.174. The van der Waals surface area contributed by atoms with Crippen LogP contribution in [0.25, 0.3) is 5.57 Å². The van der Waals surface area contributed by atoms with E-state index in [4.69, 9.17) is 19.9 Å². The Bertz CT molecular complexity index is 2640. The van der Waals surface area contributed by atoms with Gasteiger partial charge in [-0.05, 0) is 64.6 Å². The maximum Gasteiger partial charge on any atom is 0.178 e. The van der Waals surface area contributed by atoms with E-state index in [-0.39, 0.29) is 34.0 Å². The Labute approximate surface area is 329 Å². The highest BCUT2D eigenvalue weighted by molar-refractivity contribution is 6.05. The molecule has 4 aliphatic heterocycles. The van der Waals surface area contributed by atoms with E-state index in [0.29, 0.717) is 0 Å². The molecule has 11 rings (SSSR count). The summed E-state index contributed by atoms with van der Waals surface area (Å²) in [7, 11) is 0. The molecule has 0 bridgehead atoms. The maximum absolute atomic E-state index is 5.49. The van der Waals surface area contributed by atoms with Gasteiger partial charge in [0.05, 0.1) is 17.6 Å². The summed E-state index contributed by atoms with van der Waals surface area (Å²) in [5.74, 6) is 3.55.